The molecule has 1 aromatic heterocycles. The number of benzene rings is 1. The van der Waals surface area contributed by atoms with Crippen LogP contribution in [0.25, 0.3) is 10.9 Å². The van der Waals surface area contributed by atoms with Gasteiger partial charge in [0.15, 0.2) is 0 Å². The number of fused-ring (bicyclic) bond motifs is 1. The lowest BCUT2D eigenvalue weighted by molar-refractivity contribution is -0.125. The highest BCUT2D eigenvalue weighted by atomic mass is 19.1. The van der Waals surface area contributed by atoms with E-state index in [2.05, 4.69) is 5.43 Å². The standard InChI is InChI=1S/C13H16FN3O/c1-8(2)12(13(18)16-15)17-6-5-9-3-4-10(14)7-11(9)17/h3-8,12H,15H2,1-2H3,(H,16,18). The van der Waals surface area contributed by atoms with Crippen LogP contribution in [0.15, 0.2) is 30.5 Å². The number of aromatic nitrogens is 1. The molecule has 5 heteroatoms. The first kappa shape index (κ1) is 12.6. The Balaban J connectivity index is 2.57. The van der Waals surface area contributed by atoms with Gasteiger partial charge in [0.1, 0.15) is 11.9 Å². The van der Waals surface area contributed by atoms with E-state index in [0.717, 1.165) is 5.39 Å². The van der Waals surface area contributed by atoms with Gasteiger partial charge in [-0.05, 0) is 35.6 Å². The van der Waals surface area contributed by atoms with Crippen molar-refractivity contribution in [3.63, 3.8) is 0 Å². The first-order valence-corrected chi connectivity index (χ1v) is 5.81. The van der Waals surface area contributed by atoms with Crippen LogP contribution in [0.5, 0.6) is 0 Å². The molecule has 1 atom stereocenters. The van der Waals surface area contributed by atoms with Crippen molar-refractivity contribution in [3.05, 3.63) is 36.3 Å². The molecular weight excluding hydrogens is 233 g/mol. The SMILES string of the molecule is CC(C)C(C(=O)NN)n1ccc2ccc(F)cc21. The number of halogens is 1. The summed E-state index contributed by atoms with van der Waals surface area (Å²) < 4.78 is 15.1. The Labute approximate surface area is 105 Å². The second-order valence-electron chi connectivity index (χ2n) is 4.62. The van der Waals surface area contributed by atoms with Crippen molar-refractivity contribution in [3.8, 4) is 0 Å². The molecule has 1 amide bonds. The third-order valence-corrected chi connectivity index (χ3v) is 3.03. The fraction of sp³-hybridized carbons (Fsp3) is 0.308. The number of rotatable bonds is 3. The predicted molar refractivity (Wildman–Crippen MR) is 68.1 cm³/mol. The zero-order valence-corrected chi connectivity index (χ0v) is 10.4. The number of hydrazine groups is 1. The number of nitrogens with one attached hydrogen (secondary N) is 1. The van der Waals surface area contributed by atoms with E-state index in [0.29, 0.717) is 5.52 Å². The van der Waals surface area contributed by atoms with Gasteiger partial charge >= 0.3 is 0 Å². The smallest absolute Gasteiger partial charge is 0.257 e. The van der Waals surface area contributed by atoms with Gasteiger partial charge in [0.25, 0.3) is 5.91 Å². The summed E-state index contributed by atoms with van der Waals surface area (Å²) in [7, 11) is 0. The largest absolute Gasteiger partial charge is 0.335 e. The third-order valence-electron chi connectivity index (χ3n) is 3.03. The molecule has 4 nitrogen and oxygen atoms in total. The lowest BCUT2D eigenvalue weighted by Gasteiger charge is -2.22. The summed E-state index contributed by atoms with van der Waals surface area (Å²) in [4.78, 5) is 11.8. The van der Waals surface area contributed by atoms with E-state index in [1.807, 2.05) is 19.9 Å². The molecule has 0 spiro atoms. The highest BCUT2D eigenvalue weighted by Crippen LogP contribution is 2.25. The van der Waals surface area contributed by atoms with Crippen LogP contribution in [0.3, 0.4) is 0 Å². The Hall–Kier alpha value is -1.88. The van der Waals surface area contributed by atoms with E-state index in [1.54, 1.807) is 16.8 Å². The average Bonchev–Trinajstić information content (AvgIpc) is 2.72. The second-order valence-corrected chi connectivity index (χ2v) is 4.62. The molecule has 0 saturated heterocycles. The molecule has 0 aliphatic rings. The first-order chi connectivity index (χ1) is 8.54. The van der Waals surface area contributed by atoms with E-state index in [1.165, 1.54) is 12.1 Å². The number of carbonyl (C=O) groups is 1. The van der Waals surface area contributed by atoms with Crippen LogP contribution in [0, 0.1) is 11.7 Å². The number of nitrogens with zero attached hydrogens (tertiary/aromatic N) is 1. The molecule has 1 heterocycles. The van der Waals surface area contributed by atoms with Crippen molar-refractivity contribution in [1.82, 2.24) is 9.99 Å². The van der Waals surface area contributed by atoms with Crippen molar-refractivity contribution < 1.29 is 9.18 Å². The zero-order valence-electron chi connectivity index (χ0n) is 10.4. The van der Waals surface area contributed by atoms with Crippen molar-refractivity contribution in [1.29, 1.82) is 0 Å². The molecule has 1 unspecified atom stereocenters. The van der Waals surface area contributed by atoms with Crippen LogP contribution in [0.4, 0.5) is 4.39 Å². The van der Waals surface area contributed by atoms with E-state index >= 15 is 0 Å². The van der Waals surface area contributed by atoms with Gasteiger partial charge in [-0.25, -0.2) is 10.2 Å². The maximum atomic E-state index is 13.3. The van der Waals surface area contributed by atoms with Crippen LogP contribution in [0.2, 0.25) is 0 Å². The van der Waals surface area contributed by atoms with Gasteiger partial charge in [-0.3, -0.25) is 10.2 Å². The molecule has 0 radical (unpaired) electrons. The quantitative estimate of drug-likeness (QED) is 0.496. The molecule has 1 aromatic carbocycles. The third kappa shape index (κ3) is 2.09. The maximum absolute atomic E-state index is 13.3. The molecule has 18 heavy (non-hydrogen) atoms. The monoisotopic (exact) mass is 249 g/mol. The lowest BCUT2D eigenvalue weighted by atomic mass is 10.0. The Morgan fingerprint density at radius 3 is 2.72 bits per heavy atom. The highest BCUT2D eigenvalue weighted by molar-refractivity contribution is 5.85. The van der Waals surface area contributed by atoms with Crippen molar-refractivity contribution in [2.45, 2.75) is 19.9 Å². The van der Waals surface area contributed by atoms with Gasteiger partial charge in [-0.15, -0.1) is 0 Å². The van der Waals surface area contributed by atoms with Crippen LogP contribution in [0.1, 0.15) is 19.9 Å². The number of amides is 1. The summed E-state index contributed by atoms with van der Waals surface area (Å²) in [6.45, 7) is 3.84. The van der Waals surface area contributed by atoms with Gasteiger partial charge in [-0.2, -0.15) is 0 Å². The summed E-state index contributed by atoms with van der Waals surface area (Å²) >= 11 is 0. The van der Waals surface area contributed by atoms with Gasteiger partial charge in [-0.1, -0.05) is 13.8 Å². The van der Waals surface area contributed by atoms with Gasteiger partial charge in [0.2, 0.25) is 0 Å². The molecular formula is C13H16FN3O. The molecule has 0 aliphatic heterocycles. The lowest BCUT2D eigenvalue weighted by Crippen LogP contribution is -2.39. The van der Waals surface area contributed by atoms with Crippen LogP contribution < -0.4 is 11.3 Å². The topological polar surface area (TPSA) is 60.1 Å². The Morgan fingerprint density at radius 2 is 2.11 bits per heavy atom. The second kappa shape index (κ2) is 4.78. The summed E-state index contributed by atoms with van der Waals surface area (Å²) in [5.41, 5.74) is 2.85. The normalized spacial score (nSPS) is 12.9. The molecule has 0 aliphatic carbocycles. The average molecular weight is 249 g/mol. The number of nitrogens with two attached hydrogens (primary N) is 1. The fourth-order valence-corrected chi connectivity index (χ4v) is 2.20. The predicted octanol–water partition coefficient (Wildman–Crippen LogP) is 1.97. The maximum Gasteiger partial charge on any atom is 0.257 e. The fourth-order valence-electron chi connectivity index (χ4n) is 2.20. The molecule has 3 N–H and O–H groups in total. The summed E-state index contributed by atoms with van der Waals surface area (Å²) in [6, 6.07) is 5.93. The van der Waals surface area contributed by atoms with Crippen molar-refractivity contribution in [2.24, 2.45) is 11.8 Å². The van der Waals surface area contributed by atoms with Crippen molar-refractivity contribution >= 4 is 16.8 Å². The molecule has 0 fully saturated rings. The van der Waals surface area contributed by atoms with E-state index in [-0.39, 0.29) is 17.6 Å². The summed E-state index contributed by atoms with van der Waals surface area (Å²) in [6.07, 6.45) is 1.78. The minimum atomic E-state index is -0.450. The Morgan fingerprint density at radius 1 is 1.39 bits per heavy atom. The van der Waals surface area contributed by atoms with Gasteiger partial charge in [0, 0.05) is 6.20 Å². The van der Waals surface area contributed by atoms with Gasteiger partial charge < -0.3 is 4.57 Å². The molecule has 2 aromatic rings. The minimum Gasteiger partial charge on any atom is -0.335 e. The van der Waals surface area contributed by atoms with Crippen LogP contribution in [-0.2, 0) is 4.79 Å². The number of carbonyl (C=O) groups excluding carboxylic acids is 1. The van der Waals surface area contributed by atoms with Crippen LogP contribution >= 0.6 is 0 Å². The summed E-state index contributed by atoms with van der Waals surface area (Å²) in [5.74, 6) is 4.65. The molecule has 0 bridgehead atoms. The zero-order chi connectivity index (χ0) is 13.3. The number of hydrogen-bond donors (Lipinski definition) is 2. The highest BCUT2D eigenvalue weighted by Gasteiger charge is 2.24. The molecule has 96 valence electrons. The van der Waals surface area contributed by atoms with E-state index in [9.17, 15) is 9.18 Å². The summed E-state index contributed by atoms with van der Waals surface area (Å²) in [5, 5.41) is 0.895. The minimum absolute atomic E-state index is 0.0485. The van der Waals surface area contributed by atoms with E-state index < -0.39 is 6.04 Å². The van der Waals surface area contributed by atoms with Crippen LogP contribution in [-0.4, -0.2) is 10.5 Å². The Kier molecular flexibility index (Phi) is 3.34. The van der Waals surface area contributed by atoms with Crippen molar-refractivity contribution in [2.75, 3.05) is 0 Å². The Bertz CT molecular complexity index is 577. The van der Waals surface area contributed by atoms with E-state index in [4.69, 9.17) is 5.84 Å². The number of hydrogen-bond acceptors (Lipinski definition) is 2. The first-order valence-electron chi connectivity index (χ1n) is 5.81. The molecule has 0 saturated carbocycles. The van der Waals surface area contributed by atoms with Gasteiger partial charge in [0.05, 0.1) is 5.52 Å². The molecule has 2 rings (SSSR count).